The van der Waals surface area contributed by atoms with E-state index < -0.39 is 0 Å². The molecule has 1 heterocycles. The molecule has 2 unspecified atom stereocenters. The highest BCUT2D eigenvalue weighted by atomic mass is 16.1. The molecule has 1 N–H and O–H groups in total. The van der Waals surface area contributed by atoms with Crippen LogP contribution in [-0.2, 0) is 4.79 Å². The number of carbonyl (C=O) groups is 1. The summed E-state index contributed by atoms with van der Waals surface area (Å²) in [5.41, 5.74) is 0. The lowest BCUT2D eigenvalue weighted by molar-refractivity contribution is -0.119. The van der Waals surface area contributed by atoms with Crippen molar-refractivity contribution < 1.29 is 4.79 Å². The molecule has 0 saturated carbocycles. The molecule has 0 bridgehead atoms. The van der Waals surface area contributed by atoms with Crippen LogP contribution in [0.5, 0.6) is 0 Å². The van der Waals surface area contributed by atoms with Crippen molar-refractivity contribution in [1.82, 2.24) is 5.32 Å². The standard InChI is InChI=1S/C8H13NO/c1-6-4-3-5-9-8(6)7(2)10/h3,5-6,8-9H,4H2,1-2H3. The summed E-state index contributed by atoms with van der Waals surface area (Å²) >= 11 is 0. The van der Waals surface area contributed by atoms with E-state index >= 15 is 0 Å². The van der Waals surface area contributed by atoms with Gasteiger partial charge in [-0.05, 0) is 25.5 Å². The third-order valence-electron chi connectivity index (χ3n) is 1.91. The van der Waals surface area contributed by atoms with Crippen LogP contribution in [0, 0.1) is 5.92 Å². The van der Waals surface area contributed by atoms with E-state index in [0.717, 1.165) is 6.42 Å². The zero-order valence-corrected chi connectivity index (χ0v) is 6.42. The SMILES string of the molecule is CC(=O)C1NC=CCC1C. The van der Waals surface area contributed by atoms with E-state index in [1.807, 2.05) is 6.20 Å². The van der Waals surface area contributed by atoms with E-state index in [1.54, 1.807) is 6.92 Å². The molecule has 0 aliphatic carbocycles. The lowest BCUT2D eigenvalue weighted by Crippen LogP contribution is -2.39. The van der Waals surface area contributed by atoms with Gasteiger partial charge in [-0.1, -0.05) is 13.0 Å². The van der Waals surface area contributed by atoms with Gasteiger partial charge in [0.25, 0.3) is 0 Å². The Balaban J connectivity index is 2.59. The second-order valence-electron chi connectivity index (χ2n) is 2.87. The third-order valence-corrected chi connectivity index (χ3v) is 1.91. The summed E-state index contributed by atoms with van der Waals surface area (Å²) in [6, 6.07) is 0.0463. The van der Waals surface area contributed by atoms with Crippen molar-refractivity contribution in [2.75, 3.05) is 0 Å². The van der Waals surface area contributed by atoms with Crippen LogP contribution in [0.1, 0.15) is 20.3 Å². The van der Waals surface area contributed by atoms with Crippen molar-refractivity contribution in [3.63, 3.8) is 0 Å². The molecule has 0 fully saturated rings. The Hall–Kier alpha value is -0.790. The van der Waals surface area contributed by atoms with Crippen molar-refractivity contribution in [3.05, 3.63) is 12.3 Å². The molecular weight excluding hydrogens is 126 g/mol. The van der Waals surface area contributed by atoms with Gasteiger partial charge in [-0.3, -0.25) is 4.79 Å². The van der Waals surface area contributed by atoms with Gasteiger partial charge in [-0.25, -0.2) is 0 Å². The van der Waals surface area contributed by atoms with E-state index in [-0.39, 0.29) is 11.8 Å². The first-order chi connectivity index (χ1) is 4.72. The van der Waals surface area contributed by atoms with Gasteiger partial charge in [0.2, 0.25) is 0 Å². The Morgan fingerprint density at radius 2 is 2.40 bits per heavy atom. The summed E-state index contributed by atoms with van der Waals surface area (Å²) in [6.45, 7) is 3.72. The molecule has 1 aliphatic rings. The minimum atomic E-state index is 0.0463. The number of ketones is 1. The number of nitrogens with one attached hydrogen (secondary N) is 1. The van der Waals surface area contributed by atoms with Gasteiger partial charge in [0.1, 0.15) is 0 Å². The fourth-order valence-corrected chi connectivity index (χ4v) is 1.27. The highest BCUT2D eigenvalue weighted by Crippen LogP contribution is 2.13. The molecule has 2 atom stereocenters. The van der Waals surface area contributed by atoms with Crippen LogP contribution in [-0.4, -0.2) is 11.8 Å². The molecule has 0 amide bonds. The van der Waals surface area contributed by atoms with Crippen LogP contribution in [0.25, 0.3) is 0 Å². The molecule has 1 aliphatic heterocycles. The topological polar surface area (TPSA) is 29.1 Å². The molecule has 0 aromatic rings. The third kappa shape index (κ3) is 1.38. The van der Waals surface area contributed by atoms with Crippen molar-refractivity contribution >= 4 is 5.78 Å². The molecule has 0 radical (unpaired) electrons. The summed E-state index contributed by atoms with van der Waals surface area (Å²) < 4.78 is 0. The Kier molecular flexibility index (Phi) is 2.10. The van der Waals surface area contributed by atoms with E-state index in [4.69, 9.17) is 0 Å². The van der Waals surface area contributed by atoms with Crippen LogP contribution < -0.4 is 5.32 Å². The summed E-state index contributed by atoms with van der Waals surface area (Å²) in [5.74, 6) is 0.680. The Labute approximate surface area is 61.3 Å². The van der Waals surface area contributed by atoms with E-state index in [2.05, 4.69) is 18.3 Å². The number of hydrogen-bond donors (Lipinski definition) is 1. The zero-order chi connectivity index (χ0) is 7.56. The van der Waals surface area contributed by atoms with Gasteiger partial charge in [-0.2, -0.15) is 0 Å². The lowest BCUT2D eigenvalue weighted by atomic mass is 9.93. The predicted molar refractivity (Wildman–Crippen MR) is 40.5 cm³/mol. The monoisotopic (exact) mass is 139 g/mol. The number of allylic oxidation sites excluding steroid dienone is 1. The maximum Gasteiger partial charge on any atom is 0.152 e. The second-order valence-corrected chi connectivity index (χ2v) is 2.87. The lowest BCUT2D eigenvalue weighted by Gasteiger charge is -2.24. The fraction of sp³-hybridized carbons (Fsp3) is 0.625. The van der Waals surface area contributed by atoms with Crippen molar-refractivity contribution in [2.45, 2.75) is 26.3 Å². The number of hydrogen-bond acceptors (Lipinski definition) is 2. The maximum atomic E-state index is 10.9. The molecular formula is C8H13NO. The average Bonchev–Trinajstić information content (AvgIpc) is 1.88. The first-order valence-electron chi connectivity index (χ1n) is 3.63. The summed E-state index contributed by atoms with van der Waals surface area (Å²) in [5, 5.41) is 3.04. The number of rotatable bonds is 1. The Morgan fingerprint density at radius 1 is 1.70 bits per heavy atom. The highest BCUT2D eigenvalue weighted by molar-refractivity contribution is 5.82. The largest absolute Gasteiger partial charge is 0.381 e. The van der Waals surface area contributed by atoms with Gasteiger partial charge in [0, 0.05) is 0 Å². The first-order valence-corrected chi connectivity index (χ1v) is 3.63. The predicted octanol–water partition coefficient (Wildman–Crippen LogP) is 1.09. The molecule has 2 heteroatoms. The highest BCUT2D eigenvalue weighted by Gasteiger charge is 2.21. The fourth-order valence-electron chi connectivity index (χ4n) is 1.27. The first kappa shape index (κ1) is 7.32. The van der Waals surface area contributed by atoms with Crippen LogP contribution in [0.3, 0.4) is 0 Å². The average molecular weight is 139 g/mol. The smallest absolute Gasteiger partial charge is 0.152 e. The molecule has 2 nitrogen and oxygen atoms in total. The van der Waals surface area contributed by atoms with Gasteiger partial charge in [0.05, 0.1) is 6.04 Å². The van der Waals surface area contributed by atoms with Crippen LogP contribution in [0.2, 0.25) is 0 Å². The number of Topliss-reactive ketones (excluding diaryl/α,β-unsaturated/α-hetero) is 1. The van der Waals surface area contributed by atoms with Gasteiger partial charge >= 0.3 is 0 Å². The van der Waals surface area contributed by atoms with Crippen molar-refractivity contribution in [3.8, 4) is 0 Å². The summed E-state index contributed by atoms with van der Waals surface area (Å²) in [7, 11) is 0. The molecule has 0 aromatic carbocycles. The van der Waals surface area contributed by atoms with E-state index in [0.29, 0.717) is 5.92 Å². The molecule has 0 spiro atoms. The van der Waals surface area contributed by atoms with Gasteiger partial charge in [-0.15, -0.1) is 0 Å². The minimum absolute atomic E-state index is 0.0463. The van der Waals surface area contributed by atoms with Crippen LogP contribution >= 0.6 is 0 Å². The second kappa shape index (κ2) is 2.86. The molecule has 0 aromatic heterocycles. The Bertz CT molecular complexity index is 163. The summed E-state index contributed by atoms with van der Waals surface area (Å²) in [4.78, 5) is 10.9. The quantitative estimate of drug-likeness (QED) is 0.589. The van der Waals surface area contributed by atoms with Crippen LogP contribution in [0.15, 0.2) is 12.3 Å². The zero-order valence-electron chi connectivity index (χ0n) is 6.42. The molecule has 1 rings (SSSR count). The van der Waals surface area contributed by atoms with Crippen LogP contribution in [0.4, 0.5) is 0 Å². The normalized spacial score (nSPS) is 31.4. The van der Waals surface area contributed by atoms with Gasteiger partial charge < -0.3 is 5.32 Å². The summed E-state index contributed by atoms with van der Waals surface area (Å²) in [6.07, 6.45) is 4.94. The number of carbonyl (C=O) groups excluding carboxylic acids is 1. The van der Waals surface area contributed by atoms with Gasteiger partial charge in [0.15, 0.2) is 5.78 Å². The Morgan fingerprint density at radius 3 is 2.80 bits per heavy atom. The molecule has 10 heavy (non-hydrogen) atoms. The van der Waals surface area contributed by atoms with Crippen molar-refractivity contribution in [2.24, 2.45) is 5.92 Å². The maximum absolute atomic E-state index is 10.9. The molecule has 0 saturated heterocycles. The van der Waals surface area contributed by atoms with E-state index in [1.165, 1.54) is 0 Å². The van der Waals surface area contributed by atoms with E-state index in [9.17, 15) is 4.79 Å². The molecule has 56 valence electrons. The minimum Gasteiger partial charge on any atom is -0.381 e. The van der Waals surface area contributed by atoms with Crippen molar-refractivity contribution in [1.29, 1.82) is 0 Å².